The van der Waals surface area contributed by atoms with Crippen LogP contribution < -0.4 is 10.3 Å². The van der Waals surface area contributed by atoms with Crippen molar-refractivity contribution in [3.05, 3.63) is 104 Å². The van der Waals surface area contributed by atoms with Gasteiger partial charge in [0.05, 0.1) is 34.7 Å². The number of amides is 1. The lowest BCUT2D eigenvalue weighted by Crippen LogP contribution is -2.39. The third-order valence-corrected chi connectivity index (χ3v) is 6.34. The molecule has 0 saturated heterocycles. The zero-order valence-electron chi connectivity index (χ0n) is 22.0. The fraction of sp³-hybridized carbons (Fsp3) is 0.276. The maximum absolute atomic E-state index is 13.9. The topological polar surface area (TPSA) is 108 Å². The quantitative estimate of drug-likeness (QED) is 0.228. The Hall–Kier alpha value is -4.53. The minimum absolute atomic E-state index is 0.0780. The first-order valence-corrected chi connectivity index (χ1v) is 12.3. The van der Waals surface area contributed by atoms with Crippen molar-refractivity contribution in [3.8, 4) is 11.4 Å². The van der Waals surface area contributed by atoms with Crippen molar-refractivity contribution < 1.29 is 14.5 Å². The van der Waals surface area contributed by atoms with Crippen molar-refractivity contribution in [1.82, 2.24) is 14.5 Å². The second-order valence-electron chi connectivity index (χ2n) is 9.64. The largest absolute Gasteiger partial charge is 0.495 e. The van der Waals surface area contributed by atoms with Crippen molar-refractivity contribution in [2.45, 2.75) is 33.7 Å². The average molecular weight is 515 g/mol. The summed E-state index contributed by atoms with van der Waals surface area (Å²) in [5.74, 6) is 0.537. The summed E-state index contributed by atoms with van der Waals surface area (Å²) in [7, 11) is 1.54. The molecule has 0 bridgehead atoms. The number of hydrogen-bond donors (Lipinski definition) is 0. The molecule has 3 aromatic carbocycles. The van der Waals surface area contributed by atoms with Crippen LogP contribution in [0.1, 0.15) is 48.6 Å². The summed E-state index contributed by atoms with van der Waals surface area (Å²) in [6, 6.07) is 17.6. The minimum Gasteiger partial charge on any atom is -0.495 e. The highest BCUT2D eigenvalue weighted by atomic mass is 16.6. The molecule has 0 aliphatic rings. The number of carbonyl (C=O) groups excluding carboxylic acids is 1. The number of methoxy groups -OCH3 is 1. The summed E-state index contributed by atoms with van der Waals surface area (Å²) in [4.78, 5) is 45.0. The summed E-state index contributed by atoms with van der Waals surface area (Å²) >= 11 is 0. The van der Waals surface area contributed by atoms with Gasteiger partial charge in [0.1, 0.15) is 11.6 Å². The van der Waals surface area contributed by atoms with E-state index in [2.05, 4.69) is 0 Å². The Bertz CT molecular complexity index is 1580. The molecule has 9 heteroatoms. The first-order valence-electron chi connectivity index (χ1n) is 12.3. The second kappa shape index (κ2) is 10.8. The van der Waals surface area contributed by atoms with Crippen LogP contribution in [-0.2, 0) is 0 Å². The van der Waals surface area contributed by atoms with Crippen LogP contribution in [0, 0.1) is 23.0 Å². The molecule has 4 rings (SSSR count). The minimum atomic E-state index is -0.660. The molecule has 1 aromatic heterocycles. The van der Waals surface area contributed by atoms with E-state index >= 15 is 0 Å². The summed E-state index contributed by atoms with van der Waals surface area (Å²) in [6.45, 7) is 8.03. The van der Waals surface area contributed by atoms with Gasteiger partial charge in [0.15, 0.2) is 0 Å². The second-order valence-corrected chi connectivity index (χ2v) is 9.64. The fourth-order valence-electron chi connectivity index (χ4n) is 4.51. The van der Waals surface area contributed by atoms with Crippen molar-refractivity contribution in [3.63, 3.8) is 0 Å². The first kappa shape index (κ1) is 26.5. The smallest absolute Gasteiger partial charge is 0.270 e. The first-order chi connectivity index (χ1) is 18.1. The number of aryl methyl sites for hydroxylation is 1. The molecule has 1 atom stereocenters. The summed E-state index contributed by atoms with van der Waals surface area (Å²) < 4.78 is 7.11. The molecule has 9 nitrogen and oxygen atoms in total. The van der Waals surface area contributed by atoms with E-state index in [0.717, 1.165) is 5.56 Å². The number of nitro groups is 1. The van der Waals surface area contributed by atoms with E-state index in [1.807, 2.05) is 39.8 Å². The lowest BCUT2D eigenvalue weighted by atomic mass is 10.1. The fourth-order valence-corrected chi connectivity index (χ4v) is 4.51. The molecular weight excluding hydrogens is 484 g/mol. The Labute approximate surface area is 220 Å². The number of ether oxygens (including phenoxy) is 1. The van der Waals surface area contributed by atoms with Gasteiger partial charge in [-0.2, -0.15) is 0 Å². The van der Waals surface area contributed by atoms with E-state index in [0.29, 0.717) is 34.7 Å². The van der Waals surface area contributed by atoms with Crippen LogP contribution in [0.3, 0.4) is 0 Å². The monoisotopic (exact) mass is 514 g/mol. The summed E-state index contributed by atoms with van der Waals surface area (Å²) in [5, 5.41) is 11.8. The maximum Gasteiger partial charge on any atom is 0.270 e. The molecule has 0 aliphatic carbocycles. The number of rotatable bonds is 8. The molecule has 38 heavy (non-hydrogen) atoms. The number of fused-ring (bicyclic) bond motifs is 1. The van der Waals surface area contributed by atoms with E-state index in [1.54, 1.807) is 41.3 Å². The lowest BCUT2D eigenvalue weighted by molar-refractivity contribution is -0.384. The molecule has 0 saturated carbocycles. The van der Waals surface area contributed by atoms with E-state index in [-0.39, 0.29) is 28.6 Å². The molecule has 1 unspecified atom stereocenters. The van der Waals surface area contributed by atoms with Gasteiger partial charge in [-0.05, 0) is 55.7 Å². The van der Waals surface area contributed by atoms with E-state index < -0.39 is 11.0 Å². The van der Waals surface area contributed by atoms with Gasteiger partial charge in [0.25, 0.3) is 17.2 Å². The Morgan fingerprint density at radius 3 is 2.50 bits per heavy atom. The SMILES string of the molecule is COc1ccc(C)cc1-n1c(C(C)N(CC(C)C)C(=O)c2cccc([N+](=O)[O-])c2)nc2ccccc2c1=O. The molecule has 0 fully saturated rings. The Morgan fingerprint density at radius 2 is 1.82 bits per heavy atom. The van der Waals surface area contributed by atoms with Crippen LogP contribution >= 0.6 is 0 Å². The number of nitro benzene ring substituents is 1. The molecule has 1 heterocycles. The molecule has 196 valence electrons. The van der Waals surface area contributed by atoms with Crippen molar-refractivity contribution in [1.29, 1.82) is 0 Å². The predicted octanol–water partition coefficient (Wildman–Crippen LogP) is 5.47. The third-order valence-electron chi connectivity index (χ3n) is 6.34. The van der Waals surface area contributed by atoms with Crippen LogP contribution in [0.15, 0.2) is 71.5 Å². The molecule has 1 amide bonds. The highest BCUT2D eigenvalue weighted by Crippen LogP contribution is 2.30. The van der Waals surface area contributed by atoms with Crippen LogP contribution in [0.4, 0.5) is 5.69 Å². The maximum atomic E-state index is 13.9. The number of aromatic nitrogens is 2. The molecule has 0 aliphatic heterocycles. The standard InChI is InChI=1S/C29H30N4O5/c1-18(2)17-31(28(34)21-9-8-10-22(16-21)33(36)37)20(4)27-30-24-12-7-6-11-23(24)29(35)32(27)25-15-19(3)13-14-26(25)38-5/h6-16,18,20H,17H2,1-5H3. The van der Waals surface area contributed by atoms with Gasteiger partial charge < -0.3 is 9.64 Å². The van der Waals surface area contributed by atoms with Crippen LogP contribution in [0.2, 0.25) is 0 Å². The van der Waals surface area contributed by atoms with Gasteiger partial charge >= 0.3 is 0 Å². The Balaban J connectivity index is 1.96. The number of para-hydroxylation sites is 1. The Kier molecular flexibility index (Phi) is 7.57. The number of carbonyl (C=O) groups is 1. The molecule has 4 aromatic rings. The van der Waals surface area contributed by atoms with Gasteiger partial charge in [-0.1, -0.05) is 38.1 Å². The zero-order chi connectivity index (χ0) is 27.6. The van der Waals surface area contributed by atoms with Crippen molar-refractivity contribution in [2.75, 3.05) is 13.7 Å². The lowest BCUT2D eigenvalue weighted by Gasteiger charge is -2.32. The number of hydrogen-bond acceptors (Lipinski definition) is 6. The molecular formula is C29H30N4O5. The number of nitrogens with zero attached hydrogens (tertiary/aromatic N) is 4. The molecule has 0 N–H and O–H groups in total. The van der Waals surface area contributed by atoms with E-state index in [4.69, 9.17) is 9.72 Å². The predicted molar refractivity (Wildman–Crippen MR) is 146 cm³/mol. The molecule has 0 radical (unpaired) electrons. The third kappa shape index (κ3) is 5.13. The van der Waals surface area contributed by atoms with Gasteiger partial charge in [0, 0.05) is 24.2 Å². The zero-order valence-corrected chi connectivity index (χ0v) is 22.0. The normalized spacial score (nSPS) is 11.9. The highest BCUT2D eigenvalue weighted by molar-refractivity contribution is 5.95. The van der Waals surface area contributed by atoms with Gasteiger partial charge in [-0.15, -0.1) is 0 Å². The summed E-state index contributed by atoms with van der Waals surface area (Å²) in [5.41, 5.74) is 1.69. The van der Waals surface area contributed by atoms with Crippen molar-refractivity contribution in [2.24, 2.45) is 5.92 Å². The van der Waals surface area contributed by atoms with E-state index in [9.17, 15) is 19.7 Å². The van der Waals surface area contributed by atoms with E-state index in [1.165, 1.54) is 29.9 Å². The average Bonchev–Trinajstić information content (AvgIpc) is 2.91. The van der Waals surface area contributed by atoms with Crippen LogP contribution in [-0.4, -0.2) is 38.9 Å². The number of benzene rings is 3. The van der Waals surface area contributed by atoms with Gasteiger partial charge in [-0.25, -0.2) is 4.98 Å². The van der Waals surface area contributed by atoms with Crippen LogP contribution in [0.25, 0.3) is 16.6 Å². The van der Waals surface area contributed by atoms with Crippen molar-refractivity contribution >= 4 is 22.5 Å². The van der Waals surface area contributed by atoms with Crippen LogP contribution in [0.5, 0.6) is 5.75 Å². The highest BCUT2D eigenvalue weighted by Gasteiger charge is 2.29. The Morgan fingerprint density at radius 1 is 1.08 bits per heavy atom. The van der Waals surface area contributed by atoms with Gasteiger partial charge in [-0.3, -0.25) is 24.3 Å². The number of non-ortho nitro benzene ring substituents is 1. The van der Waals surface area contributed by atoms with Gasteiger partial charge in [0.2, 0.25) is 0 Å². The summed E-state index contributed by atoms with van der Waals surface area (Å²) in [6.07, 6.45) is 0. The molecule has 0 spiro atoms.